The predicted octanol–water partition coefficient (Wildman–Crippen LogP) is 4.77. The van der Waals surface area contributed by atoms with Crippen LogP contribution in [0.25, 0.3) is 5.69 Å². The first-order valence-electron chi connectivity index (χ1n) is 11.8. The fourth-order valence-corrected chi connectivity index (χ4v) is 5.12. The summed E-state index contributed by atoms with van der Waals surface area (Å²) in [4.78, 5) is 29.4. The van der Waals surface area contributed by atoms with Gasteiger partial charge in [-0.15, -0.1) is 5.10 Å². The van der Waals surface area contributed by atoms with Crippen LogP contribution in [0.4, 0.5) is 11.4 Å². The van der Waals surface area contributed by atoms with E-state index < -0.39 is 0 Å². The van der Waals surface area contributed by atoms with Crippen molar-refractivity contribution in [1.29, 1.82) is 0 Å². The number of nitrogens with zero attached hydrogens (tertiary/aromatic N) is 6. The van der Waals surface area contributed by atoms with Gasteiger partial charge in [0, 0.05) is 52.6 Å². The maximum atomic E-state index is 12.7. The van der Waals surface area contributed by atoms with Crippen molar-refractivity contribution in [2.75, 3.05) is 42.1 Å². The van der Waals surface area contributed by atoms with Gasteiger partial charge in [0.1, 0.15) is 0 Å². The van der Waals surface area contributed by atoms with Crippen molar-refractivity contribution in [3.63, 3.8) is 0 Å². The van der Waals surface area contributed by atoms with E-state index >= 15 is 0 Å². The number of hydrogen-bond acceptors (Lipinski definition) is 7. The Labute approximate surface area is 237 Å². The van der Waals surface area contributed by atoms with Crippen LogP contribution >= 0.6 is 39.3 Å². The lowest BCUT2D eigenvalue weighted by molar-refractivity contribution is -0.113. The quantitative estimate of drug-likeness (QED) is 0.300. The number of carbonyl (C=O) groups excluding carboxylic acids is 2. The number of benzene rings is 3. The third-order valence-electron chi connectivity index (χ3n) is 6.02. The fraction of sp³-hybridized carbons (Fsp3) is 0.192. The number of thioether (sulfide) groups is 1. The second-order valence-electron chi connectivity index (χ2n) is 8.52. The average molecular weight is 613 g/mol. The molecule has 2 amide bonds. The molecule has 0 unspecified atom stereocenters. The summed E-state index contributed by atoms with van der Waals surface area (Å²) in [7, 11) is 0. The first-order valence-corrected chi connectivity index (χ1v) is 14.0. The summed E-state index contributed by atoms with van der Waals surface area (Å²) in [5.74, 6) is 0.0352. The fourth-order valence-electron chi connectivity index (χ4n) is 4.04. The summed E-state index contributed by atoms with van der Waals surface area (Å²) in [6.45, 7) is 2.73. The highest BCUT2D eigenvalue weighted by atomic mass is 79.9. The number of tetrazole rings is 1. The van der Waals surface area contributed by atoms with E-state index in [0.29, 0.717) is 34.5 Å². The summed E-state index contributed by atoms with van der Waals surface area (Å²) in [5.41, 5.74) is 3.21. The standard InChI is InChI=1S/C26H23BrClN7O2S/c27-19-3-9-23(10-4-19)35-26(30-31-32-35)38-17-24(36)29-21-7-11-22(12-8-21)33-13-15-34(16-14-33)25(37)18-1-5-20(28)6-2-18/h1-12H,13-17H2,(H,29,36). The molecule has 3 aromatic carbocycles. The molecule has 38 heavy (non-hydrogen) atoms. The molecule has 1 fully saturated rings. The lowest BCUT2D eigenvalue weighted by Gasteiger charge is -2.36. The van der Waals surface area contributed by atoms with E-state index in [-0.39, 0.29) is 17.6 Å². The molecule has 1 aliphatic heterocycles. The zero-order chi connectivity index (χ0) is 26.5. The molecule has 0 spiro atoms. The second kappa shape index (κ2) is 12.0. The smallest absolute Gasteiger partial charge is 0.253 e. The van der Waals surface area contributed by atoms with Gasteiger partial charge in [-0.1, -0.05) is 39.3 Å². The maximum absolute atomic E-state index is 12.7. The molecule has 1 saturated heterocycles. The van der Waals surface area contributed by atoms with Gasteiger partial charge < -0.3 is 15.1 Å². The highest BCUT2D eigenvalue weighted by Gasteiger charge is 2.22. The van der Waals surface area contributed by atoms with Crippen LogP contribution < -0.4 is 10.2 Å². The van der Waals surface area contributed by atoms with Gasteiger partial charge >= 0.3 is 0 Å². The van der Waals surface area contributed by atoms with E-state index in [1.54, 1.807) is 28.9 Å². The summed E-state index contributed by atoms with van der Waals surface area (Å²) < 4.78 is 2.56. The van der Waals surface area contributed by atoms with E-state index in [9.17, 15) is 9.59 Å². The van der Waals surface area contributed by atoms with Crippen LogP contribution in [-0.4, -0.2) is 68.9 Å². The van der Waals surface area contributed by atoms with Crippen molar-refractivity contribution in [2.45, 2.75) is 5.16 Å². The monoisotopic (exact) mass is 611 g/mol. The number of carbonyl (C=O) groups is 2. The summed E-state index contributed by atoms with van der Waals surface area (Å²) in [5, 5.41) is 15.9. The van der Waals surface area contributed by atoms with Crippen LogP contribution in [0.15, 0.2) is 82.4 Å². The molecular weight excluding hydrogens is 590 g/mol. The van der Waals surface area contributed by atoms with Gasteiger partial charge in [0.25, 0.3) is 5.91 Å². The molecule has 2 heterocycles. The molecule has 12 heteroatoms. The highest BCUT2D eigenvalue weighted by Crippen LogP contribution is 2.23. The normalized spacial score (nSPS) is 13.4. The molecule has 1 aromatic heterocycles. The number of nitrogens with one attached hydrogen (secondary N) is 1. The van der Waals surface area contributed by atoms with Crippen LogP contribution in [0.2, 0.25) is 5.02 Å². The topological polar surface area (TPSA) is 96.2 Å². The molecule has 0 atom stereocenters. The van der Waals surface area contributed by atoms with Gasteiger partial charge in [-0.05, 0) is 83.2 Å². The number of rotatable bonds is 7. The first-order chi connectivity index (χ1) is 18.5. The van der Waals surface area contributed by atoms with Crippen molar-refractivity contribution in [3.05, 3.63) is 87.9 Å². The maximum Gasteiger partial charge on any atom is 0.253 e. The Kier molecular flexibility index (Phi) is 8.26. The van der Waals surface area contributed by atoms with Gasteiger partial charge in [-0.3, -0.25) is 9.59 Å². The van der Waals surface area contributed by atoms with Crippen molar-refractivity contribution < 1.29 is 9.59 Å². The number of amides is 2. The van der Waals surface area contributed by atoms with E-state index in [2.05, 4.69) is 41.7 Å². The Morgan fingerprint density at radius 3 is 2.24 bits per heavy atom. The van der Waals surface area contributed by atoms with E-state index in [4.69, 9.17) is 11.6 Å². The SMILES string of the molecule is O=C(CSc1nnnn1-c1ccc(Br)cc1)Nc1ccc(N2CCN(C(=O)c3ccc(Cl)cc3)CC2)cc1. The number of hydrogen-bond donors (Lipinski definition) is 1. The van der Waals surface area contributed by atoms with Gasteiger partial charge in [0.15, 0.2) is 0 Å². The Hall–Kier alpha value is -3.41. The molecule has 5 rings (SSSR count). The zero-order valence-electron chi connectivity index (χ0n) is 20.1. The van der Waals surface area contributed by atoms with E-state index in [0.717, 1.165) is 28.9 Å². The predicted molar refractivity (Wildman–Crippen MR) is 152 cm³/mol. The third-order valence-corrected chi connectivity index (χ3v) is 7.72. The van der Waals surface area contributed by atoms with Crippen LogP contribution in [0.5, 0.6) is 0 Å². The van der Waals surface area contributed by atoms with E-state index in [1.807, 2.05) is 53.4 Å². The van der Waals surface area contributed by atoms with Crippen molar-refractivity contribution in [2.24, 2.45) is 0 Å². The number of anilines is 2. The van der Waals surface area contributed by atoms with Gasteiger partial charge in [0.05, 0.1) is 11.4 Å². The number of aromatic nitrogens is 4. The lowest BCUT2D eigenvalue weighted by Crippen LogP contribution is -2.48. The lowest BCUT2D eigenvalue weighted by atomic mass is 10.1. The largest absolute Gasteiger partial charge is 0.368 e. The van der Waals surface area contributed by atoms with Gasteiger partial charge in [-0.2, -0.15) is 4.68 Å². The molecule has 0 saturated carbocycles. The third kappa shape index (κ3) is 6.35. The summed E-state index contributed by atoms with van der Waals surface area (Å²) in [6, 6.07) is 22.3. The second-order valence-corrected chi connectivity index (χ2v) is 10.8. The van der Waals surface area contributed by atoms with Gasteiger partial charge in [0.2, 0.25) is 11.1 Å². The zero-order valence-corrected chi connectivity index (χ0v) is 23.3. The number of halogens is 2. The Morgan fingerprint density at radius 1 is 0.895 bits per heavy atom. The van der Waals surface area contributed by atoms with Crippen LogP contribution in [0, 0.1) is 0 Å². The molecule has 1 N–H and O–H groups in total. The van der Waals surface area contributed by atoms with Gasteiger partial charge in [-0.25, -0.2) is 0 Å². The van der Waals surface area contributed by atoms with Crippen LogP contribution in [0.1, 0.15) is 10.4 Å². The van der Waals surface area contributed by atoms with Crippen molar-refractivity contribution >= 4 is 62.5 Å². The molecule has 0 bridgehead atoms. The Bertz CT molecular complexity index is 1410. The Balaban J connectivity index is 1.11. The minimum atomic E-state index is -0.151. The minimum absolute atomic E-state index is 0.0168. The molecular formula is C26H23BrClN7O2S. The van der Waals surface area contributed by atoms with E-state index in [1.165, 1.54) is 11.8 Å². The minimum Gasteiger partial charge on any atom is -0.368 e. The summed E-state index contributed by atoms with van der Waals surface area (Å²) >= 11 is 10.6. The average Bonchev–Trinajstić information content (AvgIpc) is 3.42. The first kappa shape index (κ1) is 26.2. The molecule has 0 radical (unpaired) electrons. The van der Waals surface area contributed by atoms with Crippen LogP contribution in [-0.2, 0) is 4.79 Å². The van der Waals surface area contributed by atoms with Crippen molar-refractivity contribution in [1.82, 2.24) is 25.1 Å². The molecule has 4 aromatic rings. The molecule has 1 aliphatic rings. The highest BCUT2D eigenvalue weighted by molar-refractivity contribution is 9.10. The Morgan fingerprint density at radius 2 is 1.55 bits per heavy atom. The molecule has 9 nitrogen and oxygen atoms in total. The van der Waals surface area contributed by atoms with Crippen LogP contribution in [0.3, 0.4) is 0 Å². The molecule has 194 valence electrons. The number of piperazine rings is 1. The molecule has 0 aliphatic carbocycles. The summed E-state index contributed by atoms with van der Waals surface area (Å²) in [6.07, 6.45) is 0. The van der Waals surface area contributed by atoms with Crippen molar-refractivity contribution in [3.8, 4) is 5.69 Å².